The van der Waals surface area contributed by atoms with Crippen molar-refractivity contribution >= 4 is 12.1 Å². The molecule has 7 heteroatoms. The lowest BCUT2D eigenvalue weighted by Gasteiger charge is -2.36. The van der Waals surface area contributed by atoms with Gasteiger partial charge in [0.2, 0.25) is 0 Å². The minimum atomic E-state index is -0.215. The third-order valence-corrected chi connectivity index (χ3v) is 4.02. The van der Waals surface area contributed by atoms with Gasteiger partial charge in [0.25, 0.3) is 0 Å². The fourth-order valence-electron chi connectivity index (χ4n) is 2.72. The molecular formula is C16H33N5O2. The number of nitrogens with zero attached hydrogens (tertiary/aromatic N) is 4. The smallest absolute Gasteiger partial charge is 0.409 e. The number of hydrogen-bond donors (Lipinski definition) is 1. The van der Waals surface area contributed by atoms with E-state index in [4.69, 9.17) is 4.74 Å². The average Bonchev–Trinajstić information content (AvgIpc) is 2.58. The number of aliphatic imine (C=N–C) groups is 1. The zero-order chi connectivity index (χ0) is 17.1. The number of guanidine groups is 1. The van der Waals surface area contributed by atoms with E-state index in [1.54, 1.807) is 4.90 Å². The van der Waals surface area contributed by atoms with E-state index >= 15 is 0 Å². The van der Waals surface area contributed by atoms with Crippen LogP contribution in [0.25, 0.3) is 0 Å². The van der Waals surface area contributed by atoms with Gasteiger partial charge in [0.15, 0.2) is 5.96 Å². The van der Waals surface area contributed by atoms with Crippen LogP contribution in [0.5, 0.6) is 0 Å². The van der Waals surface area contributed by atoms with Gasteiger partial charge in [-0.2, -0.15) is 0 Å². The van der Waals surface area contributed by atoms with Gasteiger partial charge < -0.3 is 24.8 Å². The number of piperazine rings is 1. The first-order chi connectivity index (χ1) is 11.2. The minimum absolute atomic E-state index is 0.215. The van der Waals surface area contributed by atoms with Gasteiger partial charge in [-0.1, -0.05) is 13.8 Å². The molecule has 0 aromatic rings. The van der Waals surface area contributed by atoms with E-state index in [2.05, 4.69) is 34.0 Å². The normalized spacial score (nSPS) is 16.0. The van der Waals surface area contributed by atoms with Gasteiger partial charge >= 0.3 is 6.09 Å². The summed E-state index contributed by atoms with van der Waals surface area (Å²) in [4.78, 5) is 22.5. The number of hydrogen-bond acceptors (Lipinski definition) is 4. The molecule has 0 aliphatic carbocycles. The number of ether oxygens (including phenoxy) is 1. The van der Waals surface area contributed by atoms with Crippen molar-refractivity contribution in [1.29, 1.82) is 0 Å². The van der Waals surface area contributed by atoms with Crippen molar-refractivity contribution in [2.24, 2.45) is 4.99 Å². The van der Waals surface area contributed by atoms with Crippen LogP contribution < -0.4 is 5.32 Å². The number of carbonyl (C=O) groups is 1. The molecule has 1 rings (SSSR count). The molecule has 0 aromatic heterocycles. The van der Waals surface area contributed by atoms with Crippen LogP contribution in [0, 0.1) is 0 Å². The standard InChI is InChI=1S/C16H33N5O2/c1-5-9-19(6-2)10-8-18-15(17-4)20-11-13-21(14-12-20)16(22)23-7-3/h5-14H2,1-4H3,(H,17,18). The van der Waals surface area contributed by atoms with Gasteiger partial charge in [0.05, 0.1) is 6.61 Å². The number of carbonyl (C=O) groups excluding carboxylic acids is 1. The van der Waals surface area contributed by atoms with E-state index in [1.807, 2.05) is 14.0 Å². The Bertz CT molecular complexity index is 367. The Morgan fingerprint density at radius 1 is 1.13 bits per heavy atom. The van der Waals surface area contributed by atoms with E-state index in [-0.39, 0.29) is 6.09 Å². The summed E-state index contributed by atoms with van der Waals surface area (Å²) in [5.74, 6) is 0.918. The zero-order valence-corrected chi connectivity index (χ0v) is 15.2. The SMILES string of the molecule is CCCN(CC)CCNC(=NC)N1CCN(C(=O)OCC)CC1. The Morgan fingerprint density at radius 3 is 2.30 bits per heavy atom. The molecule has 0 bridgehead atoms. The number of likely N-dealkylation sites (N-methyl/N-ethyl adjacent to an activating group) is 1. The molecule has 1 fully saturated rings. The molecule has 1 aliphatic heterocycles. The first kappa shape index (κ1) is 19.5. The molecular weight excluding hydrogens is 294 g/mol. The summed E-state index contributed by atoms with van der Waals surface area (Å²) in [6.45, 7) is 13.7. The maximum Gasteiger partial charge on any atom is 0.409 e. The summed E-state index contributed by atoms with van der Waals surface area (Å²) in [6, 6.07) is 0. The third kappa shape index (κ3) is 6.64. The van der Waals surface area contributed by atoms with Crippen molar-refractivity contribution < 1.29 is 9.53 Å². The minimum Gasteiger partial charge on any atom is -0.450 e. The van der Waals surface area contributed by atoms with Gasteiger partial charge in [0.1, 0.15) is 0 Å². The summed E-state index contributed by atoms with van der Waals surface area (Å²) in [6.07, 6.45) is 0.964. The Kier molecular flexibility index (Phi) is 9.43. The second kappa shape index (κ2) is 11.1. The summed E-state index contributed by atoms with van der Waals surface area (Å²) in [5, 5.41) is 3.43. The van der Waals surface area contributed by atoms with Crippen molar-refractivity contribution in [2.75, 3.05) is 66.0 Å². The summed E-state index contributed by atoms with van der Waals surface area (Å²) in [5.41, 5.74) is 0. The third-order valence-electron chi connectivity index (χ3n) is 4.02. The lowest BCUT2D eigenvalue weighted by Crippen LogP contribution is -2.54. The second-order valence-electron chi connectivity index (χ2n) is 5.58. The van der Waals surface area contributed by atoms with Gasteiger partial charge in [-0.15, -0.1) is 0 Å². The summed E-state index contributed by atoms with van der Waals surface area (Å²) in [7, 11) is 1.81. The Hall–Kier alpha value is -1.50. The van der Waals surface area contributed by atoms with Gasteiger partial charge in [0, 0.05) is 46.3 Å². The fraction of sp³-hybridized carbons (Fsp3) is 0.875. The van der Waals surface area contributed by atoms with Gasteiger partial charge in [-0.25, -0.2) is 4.79 Å². The molecule has 1 N–H and O–H groups in total. The molecule has 1 saturated heterocycles. The van der Waals surface area contributed by atoms with E-state index in [9.17, 15) is 4.79 Å². The van der Waals surface area contributed by atoms with Crippen molar-refractivity contribution in [3.05, 3.63) is 0 Å². The highest BCUT2D eigenvalue weighted by Crippen LogP contribution is 2.04. The lowest BCUT2D eigenvalue weighted by molar-refractivity contribution is 0.0914. The van der Waals surface area contributed by atoms with Crippen LogP contribution in [0.4, 0.5) is 4.79 Å². The molecule has 0 aromatic carbocycles. The molecule has 0 unspecified atom stereocenters. The average molecular weight is 327 g/mol. The topological polar surface area (TPSA) is 60.4 Å². The highest BCUT2D eigenvalue weighted by atomic mass is 16.6. The van der Waals surface area contributed by atoms with Crippen LogP contribution in [0.15, 0.2) is 4.99 Å². The van der Waals surface area contributed by atoms with Crippen LogP contribution in [-0.2, 0) is 4.74 Å². The van der Waals surface area contributed by atoms with Gasteiger partial charge in [-0.3, -0.25) is 4.99 Å². The molecule has 0 spiro atoms. The van der Waals surface area contributed by atoms with E-state index in [0.29, 0.717) is 19.7 Å². The van der Waals surface area contributed by atoms with Crippen LogP contribution in [-0.4, -0.2) is 92.8 Å². The molecule has 0 radical (unpaired) electrons. The molecule has 23 heavy (non-hydrogen) atoms. The number of nitrogens with one attached hydrogen (secondary N) is 1. The largest absolute Gasteiger partial charge is 0.450 e. The summed E-state index contributed by atoms with van der Waals surface area (Å²) >= 11 is 0. The molecule has 1 amide bonds. The van der Waals surface area contributed by atoms with Crippen molar-refractivity contribution in [1.82, 2.24) is 20.0 Å². The maximum absolute atomic E-state index is 11.7. The van der Waals surface area contributed by atoms with Crippen LogP contribution >= 0.6 is 0 Å². The van der Waals surface area contributed by atoms with Crippen LogP contribution in [0.1, 0.15) is 27.2 Å². The van der Waals surface area contributed by atoms with Crippen molar-refractivity contribution in [2.45, 2.75) is 27.2 Å². The second-order valence-corrected chi connectivity index (χ2v) is 5.58. The quantitative estimate of drug-likeness (QED) is 0.560. The molecule has 1 aliphatic rings. The molecule has 0 saturated carbocycles. The number of amides is 1. The first-order valence-corrected chi connectivity index (χ1v) is 8.75. The summed E-state index contributed by atoms with van der Waals surface area (Å²) < 4.78 is 5.05. The Balaban J connectivity index is 2.35. The van der Waals surface area contributed by atoms with Crippen molar-refractivity contribution in [3.63, 3.8) is 0 Å². The fourth-order valence-corrected chi connectivity index (χ4v) is 2.72. The Morgan fingerprint density at radius 2 is 1.78 bits per heavy atom. The van der Waals surface area contributed by atoms with Gasteiger partial charge in [-0.05, 0) is 26.4 Å². The van der Waals surface area contributed by atoms with Crippen LogP contribution in [0.3, 0.4) is 0 Å². The molecule has 7 nitrogen and oxygen atoms in total. The number of rotatable bonds is 7. The monoisotopic (exact) mass is 327 g/mol. The predicted octanol–water partition coefficient (Wildman–Crippen LogP) is 1.07. The first-order valence-electron chi connectivity index (χ1n) is 8.75. The molecule has 0 atom stereocenters. The van der Waals surface area contributed by atoms with E-state index in [0.717, 1.165) is 45.2 Å². The Labute approximate surface area is 140 Å². The molecule has 134 valence electrons. The molecule has 1 heterocycles. The highest BCUT2D eigenvalue weighted by Gasteiger charge is 2.23. The van der Waals surface area contributed by atoms with E-state index < -0.39 is 0 Å². The highest BCUT2D eigenvalue weighted by molar-refractivity contribution is 5.80. The van der Waals surface area contributed by atoms with Crippen LogP contribution in [0.2, 0.25) is 0 Å². The van der Waals surface area contributed by atoms with Crippen molar-refractivity contribution in [3.8, 4) is 0 Å². The predicted molar refractivity (Wildman–Crippen MR) is 93.9 cm³/mol. The van der Waals surface area contributed by atoms with E-state index in [1.165, 1.54) is 6.42 Å². The maximum atomic E-state index is 11.7. The zero-order valence-electron chi connectivity index (χ0n) is 15.2. The lowest BCUT2D eigenvalue weighted by atomic mass is 10.3.